The average molecular weight is 751 g/mol. The van der Waals surface area contributed by atoms with Gasteiger partial charge in [0.25, 0.3) is 17.7 Å². The molecule has 8 nitrogen and oxygen atoms in total. The van der Waals surface area contributed by atoms with E-state index >= 15 is 0 Å². The van der Waals surface area contributed by atoms with Crippen molar-refractivity contribution in [1.82, 2.24) is 5.32 Å². The Labute approximate surface area is 292 Å². The second-order valence-electron chi connectivity index (χ2n) is 12.3. The number of halogens is 4. The number of alkyl halides is 1. The number of hydrazone groups is 1. The van der Waals surface area contributed by atoms with Crippen molar-refractivity contribution in [1.29, 1.82) is 0 Å². The first-order valence-corrected chi connectivity index (χ1v) is 16.8. The van der Waals surface area contributed by atoms with Crippen molar-refractivity contribution in [2.24, 2.45) is 5.10 Å². The Morgan fingerprint density at radius 3 is 2.22 bits per heavy atom. The smallest absolute Gasteiger partial charge is 0.269 e. The number of benzene rings is 3. The van der Waals surface area contributed by atoms with Crippen LogP contribution in [0.4, 0.5) is 11.4 Å². The second kappa shape index (κ2) is 14.3. The molecule has 0 saturated carbocycles. The lowest BCUT2D eigenvalue weighted by Crippen LogP contribution is -2.37. The highest BCUT2D eigenvalue weighted by Gasteiger charge is 2.38. The minimum Gasteiger partial charge on any atom is -0.483 e. The van der Waals surface area contributed by atoms with Crippen LogP contribution >= 0.6 is 50.7 Å². The van der Waals surface area contributed by atoms with Crippen molar-refractivity contribution in [3.8, 4) is 5.75 Å². The third kappa shape index (κ3) is 7.88. The zero-order valence-electron chi connectivity index (χ0n) is 26.4. The average Bonchev–Trinajstić information content (AvgIpc) is 3.27. The first-order chi connectivity index (χ1) is 21.6. The Hall–Kier alpha value is -3.11. The number of nitrogens with zero attached hydrogens (tertiary/aromatic N) is 2. The summed E-state index contributed by atoms with van der Waals surface area (Å²) < 4.78 is 6.04. The largest absolute Gasteiger partial charge is 0.483 e. The van der Waals surface area contributed by atoms with Crippen molar-refractivity contribution >= 4 is 85.7 Å². The van der Waals surface area contributed by atoms with Crippen LogP contribution in [0.25, 0.3) is 0 Å². The zero-order chi connectivity index (χ0) is 34.0. The predicted octanol–water partition coefficient (Wildman–Crippen LogP) is 8.89. The monoisotopic (exact) mass is 748 g/mol. The van der Waals surface area contributed by atoms with E-state index in [4.69, 9.17) is 39.5 Å². The molecule has 0 bridgehead atoms. The lowest BCUT2D eigenvalue weighted by Gasteiger charge is -2.30. The van der Waals surface area contributed by atoms with E-state index in [1.807, 2.05) is 6.07 Å². The van der Waals surface area contributed by atoms with Gasteiger partial charge in [-0.15, -0.1) is 5.10 Å². The maximum atomic E-state index is 13.2. The summed E-state index contributed by atoms with van der Waals surface area (Å²) in [6, 6.07) is 15.5. The Bertz CT molecular complexity index is 1690. The molecule has 0 radical (unpaired) electrons. The van der Waals surface area contributed by atoms with Crippen LogP contribution < -0.4 is 20.4 Å². The molecule has 3 aromatic carbocycles. The van der Waals surface area contributed by atoms with E-state index in [9.17, 15) is 14.4 Å². The van der Waals surface area contributed by atoms with Crippen molar-refractivity contribution in [3.63, 3.8) is 0 Å². The molecule has 46 heavy (non-hydrogen) atoms. The molecule has 1 aliphatic rings. The molecule has 12 heteroatoms. The van der Waals surface area contributed by atoms with E-state index in [1.165, 1.54) is 23.8 Å². The number of rotatable bonds is 10. The molecule has 1 aliphatic heterocycles. The zero-order valence-corrected chi connectivity index (χ0v) is 30.3. The number of ether oxygens (including phenoxy) is 1. The van der Waals surface area contributed by atoms with Gasteiger partial charge in [0.15, 0.2) is 17.3 Å². The summed E-state index contributed by atoms with van der Waals surface area (Å²) in [5, 5.41) is 11.2. The molecule has 3 aromatic rings. The van der Waals surface area contributed by atoms with Gasteiger partial charge >= 0.3 is 0 Å². The number of nitrogens with one attached hydrogen (secondary N) is 2. The molecule has 1 unspecified atom stereocenters. The molecular formula is C34H36BrCl3N4O4. The van der Waals surface area contributed by atoms with E-state index in [1.54, 1.807) is 18.2 Å². The number of hydrogen-bond donors (Lipinski definition) is 2. The fourth-order valence-electron chi connectivity index (χ4n) is 4.68. The van der Waals surface area contributed by atoms with Gasteiger partial charge in [0.1, 0.15) is 11.4 Å². The van der Waals surface area contributed by atoms with Gasteiger partial charge in [-0.25, -0.2) is 0 Å². The highest BCUT2D eigenvalue weighted by molar-refractivity contribution is 9.10. The molecule has 0 aromatic heterocycles. The molecule has 3 amide bonds. The minimum atomic E-state index is -0.955. The summed E-state index contributed by atoms with van der Waals surface area (Å²) in [7, 11) is 0. The number of carbonyl (C=O) groups excluding carboxylic acids is 3. The third-order valence-corrected chi connectivity index (χ3v) is 9.95. The first-order valence-electron chi connectivity index (χ1n) is 14.8. The van der Waals surface area contributed by atoms with Crippen LogP contribution in [-0.4, -0.2) is 35.0 Å². The number of hydrogen-bond acceptors (Lipinski definition) is 5. The van der Waals surface area contributed by atoms with Crippen molar-refractivity contribution < 1.29 is 19.1 Å². The number of amidine groups is 1. The van der Waals surface area contributed by atoms with Crippen LogP contribution in [0.2, 0.25) is 15.1 Å². The highest BCUT2D eigenvalue weighted by atomic mass is 79.9. The van der Waals surface area contributed by atoms with Gasteiger partial charge in [-0.1, -0.05) is 110 Å². The molecule has 0 fully saturated rings. The molecule has 244 valence electrons. The summed E-state index contributed by atoms with van der Waals surface area (Å²) in [6.07, 6.45) is 1.89. The Morgan fingerprint density at radius 1 is 0.935 bits per heavy atom. The Morgan fingerprint density at radius 2 is 1.59 bits per heavy atom. The fourth-order valence-corrected chi connectivity index (χ4v) is 6.06. The fraction of sp³-hybridized carbons (Fsp3) is 0.353. The maximum absolute atomic E-state index is 13.2. The van der Waals surface area contributed by atoms with Gasteiger partial charge in [0.05, 0.1) is 10.0 Å². The van der Waals surface area contributed by atoms with Crippen LogP contribution in [0.1, 0.15) is 75.9 Å². The lowest BCUT2D eigenvalue weighted by molar-refractivity contribution is -0.118. The topological polar surface area (TPSA) is 100 Å². The van der Waals surface area contributed by atoms with Crippen LogP contribution in [-0.2, 0) is 20.4 Å². The molecule has 1 atom stereocenters. The van der Waals surface area contributed by atoms with E-state index in [0.29, 0.717) is 16.5 Å². The molecule has 4 rings (SSSR count). The molecule has 0 spiro atoms. The molecule has 2 N–H and O–H groups in total. The van der Waals surface area contributed by atoms with Gasteiger partial charge < -0.3 is 15.4 Å². The van der Waals surface area contributed by atoms with Crippen molar-refractivity contribution in [2.45, 2.75) is 70.0 Å². The van der Waals surface area contributed by atoms with E-state index in [2.05, 4.69) is 85.3 Å². The minimum absolute atomic E-state index is 0.0125. The SMILES string of the molecule is CCC(C)(C)c1ccc(OCC(=O)Nc2cccc(C(=O)NC3=NN(c4c(Cl)cc(Cl)cc4Cl)C(=O)C3Br)c2)c(C(C)(C)CC)c1. The Balaban J connectivity index is 1.45. The summed E-state index contributed by atoms with van der Waals surface area (Å²) in [5.41, 5.74) is 2.91. The van der Waals surface area contributed by atoms with Crippen LogP contribution in [0.15, 0.2) is 59.7 Å². The highest BCUT2D eigenvalue weighted by Crippen LogP contribution is 2.40. The van der Waals surface area contributed by atoms with Crippen LogP contribution in [0.3, 0.4) is 0 Å². The first kappa shape index (κ1) is 35.7. The molecule has 0 saturated heterocycles. The van der Waals surface area contributed by atoms with E-state index in [-0.39, 0.29) is 50.5 Å². The Kier molecular flexibility index (Phi) is 11.1. The number of carbonyl (C=O) groups is 3. The van der Waals surface area contributed by atoms with E-state index < -0.39 is 16.6 Å². The maximum Gasteiger partial charge on any atom is 0.269 e. The standard InChI is InChI=1S/C34H36BrCl3N4O4/c1-7-33(3,4)20-12-13-26(23(15-20)34(5,6)8-2)46-18-27(43)39-22-11-9-10-19(14-22)31(44)40-30-28(35)32(45)42(41-30)29-24(37)16-21(36)17-25(29)38/h9-17,28H,7-8,18H2,1-6H3,(H,39,43)(H,40,41,44). The lowest BCUT2D eigenvalue weighted by atomic mass is 9.76. The molecule has 0 aliphatic carbocycles. The van der Waals surface area contributed by atoms with Gasteiger partial charge in [0.2, 0.25) is 0 Å². The van der Waals surface area contributed by atoms with Gasteiger partial charge in [-0.3, -0.25) is 14.4 Å². The normalized spacial score (nSPS) is 15.1. The summed E-state index contributed by atoms with van der Waals surface area (Å²) in [4.78, 5) is 38.1. The summed E-state index contributed by atoms with van der Waals surface area (Å²) >= 11 is 21.8. The van der Waals surface area contributed by atoms with Gasteiger partial charge in [0, 0.05) is 21.8 Å². The second-order valence-corrected chi connectivity index (χ2v) is 14.4. The summed E-state index contributed by atoms with van der Waals surface area (Å²) in [6.45, 7) is 12.9. The third-order valence-electron chi connectivity index (χ3n) is 8.33. The van der Waals surface area contributed by atoms with Crippen molar-refractivity contribution in [2.75, 3.05) is 16.9 Å². The molecular weight excluding hydrogens is 715 g/mol. The van der Waals surface area contributed by atoms with Gasteiger partial charge in [-0.2, -0.15) is 5.01 Å². The van der Waals surface area contributed by atoms with Crippen molar-refractivity contribution in [3.05, 3.63) is 86.4 Å². The quantitative estimate of drug-likeness (QED) is 0.202. The summed E-state index contributed by atoms with van der Waals surface area (Å²) in [5.74, 6) is -0.720. The number of amides is 3. The number of anilines is 2. The van der Waals surface area contributed by atoms with Crippen LogP contribution in [0.5, 0.6) is 5.75 Å². The predicted molar refractivity (Wildman–Crippen MR) is 190 cm³/mol. The van der Waals surface area contributed by atoms with Gasteiger partial charge in [-0.05, 0) is 65.6 Å². The van der Waals surface area contributed by atoms with Crippen LogP contribution in [0, 0.1) is 0 Å². The van der Waals surface area contributed by atoms with E-state index in [0.717, 1.165) is 23.4 Å². The molecule has 1 heterocycles.